The van der Waals surface area contributed by atoms with Gasteiger partial charge in [0, 0.05) is 12.8 Å². The molecule has 1 unspecified atom stereocenters. The average Bonchev–Trinajstić information content (AvgIpc) is 2.93. The topological polar surface area (TPSA) is 108 Å². The van der Waals surface area contributed by atoms with E-state index in [1.165, 1.54) is 51.4 Å². The molecule has 0 saturated carbocycles. The molecule has 43 heavy (non-hydrogen) atoms. The highest BCUT2D eigenvalue weighted by Gasteiger charge is 2.27. The van der Waals surface area contributed by atoms with E-state index in [1.54, 1.807) is 0 Å². The fourth-order valence-corrected chi connectivity index (χ4v) is 5.04. The zero-order valence-corrected chi connectivity index (χ0v) is 29.1. The highest BCUT2D eigenvalue weighted by Crippen LogP contribution is 2.43. The monoisotopic (exact) mass is 634 g/mol. The zero-order valence-electron chi connectivity index (χ0n) is 28.2. The molecule has 0 aromatic rings. The first-order chi connectivity index (χ1) is 20.5. The van der Waals surface area contributed by atoms with Crippen molar-refractivity contribution < 1.29 is 42.1 Å². The molecule has 0 radical (unpaired) electrons. The summed E-state index contributed by atoms with van der Waals surface area (Å²) >= 11 is 0. The maximum Gasteiger partial charge on any atom is 0.472 e. The fraction of sp³-hybridized carbons (Fsp3) is 0.879. The maximum atomic E-state index is 12.5. The Kier molecular flexibility index (Phi) is 26.3. The lowest BCUT2D eigenvalue weighted by molar-refractivity contribution is -0.870. The minimum absolute atomic E-state index is 0.0322. The number of likely N-dealkylation sites (N-methyl/N-ethyl adjacent to an activating group) is 1. The molecule has 0 aliphatic carbocycles. The Balaban J connectivity index is 4.50. The number of phosphoric acid groups is 1. The van der Waals surface area contributed by atoms with Gasteiger partial charge in [-0.15, -0.1) is 0 Å². The first-order valence-electron chi connectivity index (χ1n) is 16.9. The third kappa shape index (κ3) is 30.6. The summed E-state index contributed by atoms with van der Waals surface area (Å²) < 4.78 is 33.9. The number of hydrogen-bond acceptors (Lipinski definition) is 7. The van der Waals surface area contributed by atoms with Crippen molar-refractivity contribution in [2.75, 3.05) is 47.5 Å². The zero-order chi connectivity index (χ0) is 32.2. The first kappa shape index (κ1) is 41.8. The van der Waals surface area contributed by atoms with Crippen molar-refractivity contribution >= 4 is 19.8 Å². The maximum absolute atomic E-state index is 12.5. The van der Waals surface area contributed by atoms with Crippen molar-refractivity contribution in [3.63, 3.8) is 0 Å². The van der Waals surface area contributed by atoms with E-state index in [-0.39, 0.29) is 32.0 Å². The highest BCUT2D eigenvalue weighted by atomic mass is 31.2. The molecule has 10 heteroatoms. The molecule has 0 bridgehead atoms. The lowest BCUT2D eigenvalue weighted by atomic mass is 10.1. The standard InChI is InChI=1S/C33H64NO8P/c1-6-8-10-12-14-15-16-17-18-20-22-24-26-33(36)42-31(30-41-43(37,38)40-28-27-34(3,4)5)29-39-32(35)25-23-21-19-13-11-9-7-2/h14-15,31H,6-13,16-30H2,1-5H3/p+1/b15-14-/t31-/m1/s1. The number of carbonyl (C=O) groups is 2. The van der Waals surface area contributed by atoms with E-state index in [0.717, 1.165) is 51.4 Å². The van der Waals surface area contributed by atoms with Crippen LogP contribution in [0.5, 0.6) is 0 Å². The number of esters is 2. The second kappa shape index (κ2) is 27.1. The predicted octanol–water partition coefficient (Wildman–Crippen LogP) is 8.29. The Morgan fingerprint density at radius 2 is 1.19 bits per heavy atom. The van der Waals surface area contributed by atoms with Crippen molar-refractivity contribution in [1.82, 2.24) is 0 Å². The Labute approximate surface area is 263 Å². The number of unbranched alkanes of at least 4 members (excludes halogenated alkanes) is 14. The van der Waals surface area contributed by atoms with Crippen LogP contribution in [-0.2, 0) is 32.7 Å². The number of carbonyl (C=O) groups excluding carboxylic acids is 2. The van der Waals surface area contributed by atoms with Crippen LogP contribution in [0.25, 0.3) is 0 Å². The van der Waals surface area contributed by atoms with Crippen LogP contribution >= 0.6 is 7.82 Å². The second-order valence-electron chi connectivity index (χ2n) is 12.6. The fourth-order valence-electron chi connectivity index (χ4n) is 4.30. The summed E-state index contributed by atoms with van der Waals surface area (Å²) in [5.41, 5.74) is 0. The van der Waals surface area contributed by atoms with Gasteiger partial charge < -0.3 is 18.9 Å². The summed E-state index contributed by atoms with van der Waals surface area (Å²) in [6.45, 7) is 4.31. The van der Waals surface area contributed by atoms with E-state index < -0.39 is 26.5 Å². The predicted molar refractivity (Wildman–Crippen MR) is 174 cm³/mol. The van der Waals surface area contributed by atoms with E-state index in [1.807, 2.05) is 21.1 Å². The largest absolute Gasteiger partial charge is 0.472 e. The molecular formula is C33H65NO8P+. The van der Waals surface area contributed by atoms with Crippen molar-refractivity contribution in [2.24, 2.45) is 0 Å². The number of quaternary nitrogens is 1. The number of phosphoric ester groups is 1. The molecule has 2 atom stereocenters. The first-order valence-corrected chi connectivity index (χ1v) is 18.4. The molecule has 9 nitrogen and oxygen atoms in total. The lowest BCUT2D eigenvalue weighted by Crippen LogP contribution is -2.37. The van der Waals surface area contributed by atoms with Gasteiger partial charge in [0.1, 0.15) is 19.8 Å². The van der Waals surface area contributed by atoms with Crippen LogP contribution in [0.4, 0.5) is 0 Å². The molecule has 0 fully saturated rings. The van der Waals surface area contributed by atoms with Gasteiger partial charge in [0.15, 0.2) is 6.10 Å². The van der Waals surface area contributed by atoms with E-state index >= 15 is 0 Å². The molecular weight excluding hydrogens is 569 g/mol. The molecule has 0 saturated heterocycles. The minimum Gasteiger partial charge on any atom is -0.462 e. The van der Waals surface area contributed by atoms with Gasteiger partial charge in [0.2, 0.25) is 0 Å². The molecule has 0 aromatic carbocycles. The molecule has 1 N–H and O–H groups in total. The van der Waals surface area contributed by atoms with Gasteiger partial charge >= 0.3 is 19.8 Å². The van der Waals surface area contributed by atoms with Gasteiger partial charge in [-0.05, 0) is 38.5 Å². The average molecular weight is 635 g/mol. The molecule has 0 heterocycles. The van der Waals surface area contributed by atoms with E-state index in [0.29, 0.717) is 17.4 Å². The molecule has 0 rings (SSSR count). The number of allylic oxidation sites excluding steroid dienone is 2. The Bertz CT molecular complexity index is 768. The van der Waals surface area contributed by atoms with Crippen LogP contribution in [0.3, 0.4) is 0 Å². The summed E-state index contributed by atoms with van der Waals surface area (Å²) in [5.74, 6) is -0.817. The van der Waals surface area contributed by atoms with Crippen LogP contribution in [0.1, 0.15) is 136 Å². The van der Waals surface area contributed by atoms with Crippen LogP contribution < -0.4 is 0 Å². The van der Waals surface area contributed by atoms with Crippen LogP contribution in [0, 0.1) is 0 Å². The number of rotatable bonds is 30. The third-order valence-corrected chi connectivity index (χ3v) is 8.03. The van der Waals surface area contributed by atoms with Crippen molar-refractivity contribution in [1.29, 1.82) is 0 Å². The minimum atomic E-state index is -4.35. The highest BCUT2D eigenvalue weighted by molar-refractivity contribution is 7.47. The second-order valence-corrected chi connectivity index (χ2v) is 14.0. The molecule has 0 aromatic heterocycles. The lowest BCUT2D eigenvalue weighted by Gasteiger charge is -2.24. The SMILES string of the molecule is CCCCC/C=C\CCCCCCCC(=O)O[C@H](COC(=O)CCCCCCCCC)COP(=O)(O)OCC[N+](C)(C)C. The van der Waals surface area contributed by atoms with Crippen LogP contribution in [0.2, 0.25) is 0 Å². The van der Waals surface area contributed by atoms with Crippen LogP contribution in [-0.4, -0.2) is 74.9 Å². The molecule has 0 spiro atoms. The molecule has 0 aliphatic rings. The summed E-state index contributed by atoms with van der Waals surface area (Å²) in [7, 11) is 1.47. The summed E-state index contributed by atoms with van der Waals surface area (Å²) in [6, 6.07) is 0. The summed E-state index contributed by atoms with van der Waals surface area (Å²) in [6.07, 6.45) is 22.8. The number of hydrogen-bond donors (Lipinski definition) is 1. The quantitative estimate of drug-likeness (QED) is 0.0276. The Morgan fingerprint density at radius 1 is 0.698 bits per heavy atom. The van der Waals surface area contributed by atoms with Gasteiger partial charge in [0.05, 0.1) is 27.7 Å². The Hall–Kier alpha value is -1.25. The third-order valence-electron chi connectivity index (χ3n) is 7.05. The van der Waals surface area contributed by atoms with Crippen LogP contribution in [0.15, 0.2) is 12.2 Å². The molecule has 0 amide bonds. The van der Waals surface area contributed by atoms with Gasteiger partial charge in [-0.2, -0.15) is 0 Å². The van der Waals surface area contributed by atoms with Crippen molar-refractivity contribution in [3.05, 3.63) is 12.2 Å². The van der Waals surface area contributed by atoms with Crippen molar-refractivity contribution in [2.45, 2.75) is 142 Å². The normalized spacial score (nSPS) is 14.1. The van der Waals surface area contributed by atoms with E-state index in [9.17, 15) is 19.0 Å². The number of nitrogens with zero attached hydrogens (tertiary/aromatic N) is 1. The van der Waals surface area contributed by atoms with Gasteiger partial charge in [-0.1, -0.05) is 96.6 Å². The van der Waals surface area contributed by atoms with Crippen molar-refractivity contribution in [3.8, 4) is 0 Å². The molecule has 254 valence electrons. The summed E-state index contributed by atoms with van der Waals surface area (Å²) in [5, 5.41) is 0. The summed E-state index contributed by atoms with van der Waals surface area (Å²) in [4.78, 5) is 34.8. The van der Waals surface area contributed by atoms with Gasteiger partial charge in [-0.3, -0.25) is 18.6 Å². The van der Waals surface area contributed by atoms with Gasteiger partial charge in [-0.25, -0.2) is 4.57 Å². The Morgan fingerprint density at radius 3 is 1.77 bits per heavy atom. The smallest absolute Gasteiger partial charge is 0.462 e. The molecule has 0 aliphatic heterocycles. The number of ether oxygens (including phenoxy) is 2. The van der Waals surface area contributed by atoms with Gasteiger partial charge in [0.25, 0.3) is 0 Å². The van der Waals surface area contributed by atoms with E-state index in [2.05, 4.69) is 26.0 Å². The van der Waals surface area contributed by atoms with E-state index in [4.69, 9.17) is 18.5 Å².